The summed E-state index contributed by atoms with van der Waals surface area (Å²) in [5.74, 6) is 1.84. The third-order valence-electron chi connectivity index (χ3n) is 4.88. The van der Waals surface area contributed by atoms with Crippen LogP contribution in [-0.2, 0) is 6.61 Å². The molecule has 0 aliphatic rings. The Balaban J connectivity index is 1.40. The van der Waals surface area contributed by atoms with Crippen molar-refractivity contribution in [2.24, 2.45) is 0 Å². The standard InChI is InChI=1S/C23H16N4O5S/c1-14-6-8-15(9-7-14)31-13-21-24-23-26(25-21)22(28)20(33-23)12-16-10-11-19(32-16)17-4-2-3-5-18(17)27(29)30/h2-12H,13H2,1H3/b20-12-. The largest absolute Gasteiger partial charge is 0.486 e. The topological polar surface area (TPSA) is 113 Å². The van der Waals surface area contributed by atoms with E-state index in [-0.39, 0.29) is 17.9 Å². The van der Waals surface area contributed by atoms with Gasteiger partial charge in [-0.25, -0.2) is 0 Å². The van der Waals surface area contributed by atoms with Crippen LogP contribution in [0.15, 0.2) is 69.9 Å². The molecule has 0 amide bonds. The molecule has 2 aromatic carbocycles. The van der Waals surface area contributed by atoms with Crippen LogP contribution in [0.4, 0.5) is 5.69 Å². The molecule has 0 aliphatic carbocycles. The fourth-order valence-corrected chi connectivity index (χ4v) is 4.17. The van der Waals surface area contributed by atoms with Crippen molar-refractivity contribution >= 4 is 28.1 Å². The van der Waals surface area contributed by atoms with E-state index >= 15 is 0 Å². The first-order valence-corrected chi connectivity index (χ1v) is 10.7. The fraction of sp³-hybridized carbons (Fsp3) is 0.0870. The molecule has 0 fully saturated rings. The maximum absolute atomic E-state index is 12.7. The van der Waals surface area contributed by atoms with Crippen molar-refractivity contribution in [2.75, 3.05) is 0 Å². The van der Waals surface area contributed by atoms with Crippen LogP contribution in [0.3, 0.4) is 0 Å². The third kappa shape index (κ3) is 4.11. The van der Waals surface area contributed by atoms with Gasteiger partial charge in [0.15, 0.2) is 5.82 Å². The number of hydrogen-bond acceptors (Lipinski definition) is 8. The van der Waals surface area contributed by atoms with Crippen LogP contribution in [-0.4, -0.2) is 19.5 Å². The smallest absolute Gasteiger partial charge is 0.291 e. The average molecular weight is 460 g/mol. The lowest BCUT2D eigenvalue weighted by Crippen LogP contribution is -2.23. The summed E-state index contributed by atoms with van der Waals surface area (Å²) in [6.07, 6.45) is 1.57. The van der Waals surface area contributed by atoms with Gasteiger partial charge in [0.05, 0.1) is 10.5 Å². The molecule has 5 aromatic rings. The SMILES string of the molecule is Cc1ccc(OCc2nc3s/c(=C\c4ccc(-c5ccccc5[N+](=O)[O-])o4)c(=O)n3n2)cc1. The van der Waals surface area contributed by atoms with Crippen molar-refractivity contribution < 1.29 is 14.1 Å². The highest BCUT2D eigenvalue weighted by Gasteiger charge is 2.17. The molecule has 0 bridgehead atoms. The molecule has 5 rings (SSSR count). The predicted molar refractivity (Wildman–Crippen MR) is 122 cm³/mol. The van der Waals surface area contributed by atoms with E-state index < -0.39 is 4.92 Å². The molecule has 9 nitrogen and oxygen atoms in total. The van der Waals surface area contributed by atoms with Gasteiger partial charge in [0.2, 0.25) is 4.96 Å². The van der Waals surface area contributed by atoms with E-state index in [1.54, 1.807) is 36.4 Å². The molecule has 164 valence electrons. The first-order chi connectivity index (χ1) is 16.0. The number of furan rings is 1. The molecule has 0 aliphatic heterocycles. The van der Waals surface area contributed by atoms with Gasteiger partial charge in [0.25, 0.3) is 11.2 Å². The summed E-state index contributed by atoms with van der Waals surface area (Å²) >= 11 is 1.17. The summed E-state index contributed by atoms with van der Waals surface area (Å²) in [6, 6.07) is 17.2. The van der Waals surface area contributed by atoms with Crippen molar-refractivity contribution in [3.8, 4) is 17.1 Å². The van der Waals surface area contributed by atoms with Crippen LogP contribution in [0.25, 0.3) is 22.4 Å². The number of rotatable bonds is 6. The number of aryl methyl sites for hydroxylation is 1. The number of nitro groups is 1. The summed E-state index contributed by atoms with van der Waals surface area (Å²) < 4.78 is 13.0. The second kappa shape index (κ2) is 8.32. The van der Waals surface area contributed by atoms with Crippen LogP contribution in [0.5, 0.6) is 5.75 Å². The highest BCUT2D eigenvalue weighted by molar-refractivity contribution is 7.15. The second-order valence-electron chi connectivity index (χ2n) is 7.22. The number of para-hydroxylation sites is 1. The first kappa shape index (κ1) is 20.6. The average Bonchev–Trinajstić information content (AvgIpc) is 3.51. The molecule has 3 heterocycles. The zero-order valence-corrected chi connectivity index (χ0v) is 18.1. The zero-order chi connectivity index (χ0) is 22.9. The van der Waals surface area contributed by atoms with Crippen LogP contribution in [0, 0.1) is 17.0 Å². The molecule has 33 heavy (non-hydrogen) atoms. The van der Waals surface area contributed by atoms with Gasteiger partial charge in [-0.05, 0) is 37.3 Å². The van der Waals surface area contributed by atoms with E-state index in [2.05, 4.69) is 10.1 Å². The van der Waals surface area contributed by atoms with Crippen molar-refractivity contribution in [1.29, 1.82) is 0 Å². The summed E-state index contributed by atoms with van der Waals surface area (Å²) in [4.78, 5) is 28.4. The molecule has 0 N–H and O–H groups in total. The summed E-state index contributed by atoms with van der Waals surface area (Å²) in [7, 11) is 0. The minimum Gasteiger partial charge on any atom is -0.486 e. The number of aromatic nitrogens is 3. The predicted octanol–water partition coefficient (Wildman–Crippen LogP) is 3.75. The van der Waals surface area contributed by atoms with Crippen LogP contribution >= 0.6 is 11.3 Å². The van der Waals surface area contributed by atoms with Crippen molar-refractivity contribution in [3.05, 3.63) is 103 Å². The van der Waals surface area contributed by atoms with E-state index in [0.717, 1.165) is 5.56 Å². The van der Waals surface area contributed by atoms with Gasteiger partial charge in [-0.1, -0.05) is 41.2 Å². The number of nitro benzene ring substituents is 1. The van der Waals surface area contributed by atoms with Crippen LogP contribution in [0.1, 0.15) is 17.1 Å². The van der Waals surface area contributed by atoms with Gasteiger partial charge in [-0.15, -0.1) is 5.10 Å². The lowest BCUT2D eigenvalue weighted by Gasteiger charge is -2.03. The minimum atomic E-state index is -0.461. The first-order valence-electron chi connectivity index (χ1n) is 9.91. The van der Waals surface area contributed by atoms with Crippen molar-refractivity contribution in [1.82, 2.24) is 14.6 Å². The van der Waals surface area contributed by atoms with E-state index in [9.17, 15) is 14.9 Å². The van der Waals surface area contributed by atoms with Gasteiger partial charge in [0, 0.05) is 12.1 Å². The Morgan fingerprint density at radius 1 is 1.15 bits per heavy atom. The molecule has 0 radical (unpaired) electrons. The molecule has 10 heteroatoms. The fourth-order valence-electron chi connectivity index (χ4n) is 3.26. The summed E-state index contributed by atoms with van der Waals surface area (Å²) in [6.45, 7) is 2.14. The molecule has 0 unspecified atom stereocenters. The maximum atomic E-state index is 12.7. The summed E-state index contributed by atoms with van der Waals surface area (Å²) in [5.41, 5.74) is 1.12. The molecular weight excluding hydrogens is 444 g/mol. The number of thiazole rings is 1. The quantitative estimate of drug-likeness (QED) is 0.280. The van der Waals surface area contributed by atoms with Crippen LogP contribution < -0.4 is 14.8 Å². The normalized spacial score (nSPS) is 11.8. The van der Waals surface area contributed by atoms with Gasteiger partial charge < -0.3 is 9.15 Å². The Hall–Kier alpha value is -4.31. The summed E-state index contributed by atoms with van der Waals surface area (Å²) in [5, 5.41) is 15.5. The lowest BCUT2D eigenvalue weighted by atomic mass is 10.1. The van der Waals surface area contributed by atoms with E-state index in [0.29, 0.717) is 38.2 Å². The Morgan fingerprint density at radius 2 is 1.94 bits per heavy atom. The van der Waals surface area contributed by atoms with Crippen molar-refractivity contribution in [2.45, 2.75) is 13.5 Å². The van der Waals surface area contributed by atoms with Crippen LogP contribution in [0.2, 0.25) is 0 Å². The number of benzene rings is 2. The number of ether oxygens (including phenoxy) is 1. The Morgan fingerprint density at radius 3 is 2.70 bits per heavy atom. The lowest BCUT2D eigenvalue weighted by molar-refractivity contribution is -0.384. The molecule has 0 spiro atoms. The maximum Gasteiger partial charge on any atom is 0.291 e. The Bertz CT molecular complexity index is 1580. The number of hydrogen-bond donors (Lipinski definition) is 0. The second-order valence-corrected chi connectivity index (χ2v) is 8.23. The van der Waals surface area contributed by atoms with Gasteiger partial charge in [0.1, 0.15) is 28.4 Å². The van der Waals surface area contributed by atoms with E-state index in [4.69, 9.17) is 9.15 Å². The molecular formula is C23H16N4O5S. The monoisotopic (exact) mass is 460 g/mol. The zero-order valence-electron chi connectivity index (χ0n) is 17.3. The highest BCUT2D eigenvalue weighted by Crippen LogP contribution is 2.31. The number of nitrogens with zero attached hydrogens (tertiary/aromatic N) is 4. The van der Waals surface area contributed by atoms with Crippen molar-refractivity contribution in [3.63, 3.8) is 0 Å². The van der Waals surface area contributed by atoms with E-state index in [1.807, 2.05) is 31.2 Å². The van der Waals surface area contributed by atoms with Gasteiger partial charge in [-0.3, -0.25) is 14.9 Å². The van der Waals surface area contributed by atoms with E-state index in [1.165, 1.54) is 21.9 Å². The van der Waals surface area contributed by atoms with Gasteiger partial charge >= 0.3 is 0 Å². The third-order valence-corrected chi connectivity index (χ3v) is 5.84. The number of fused-ring (bicyclic) bond motifs is 1. The molecule has 0 saturated carbocycles. The molecule has 3 aromatic heterocycles. The minimum absolute atomic E-state index is 0.0536. The molecule has 0 saturated heterocycles. The highest BCUT2D eigenvalue weighted by atomic mass is 32.1. The Labute approximate surface area is 190 Å². The van der Waals surface area contributed by atoms with Gasteiger partial charge in [-0.2, -0.15) is 9.50 Å². The Kier molecular flexibility index (Phi) is 5.19. The molecule has 0 atom stereocenters.